The molecule has 106 valence electrons. The van der Waals surface area contributed by atoms with Gasteiger partial charge in [0, 0.05) is 28.2 Å². The summed E-state index contributed by atoms with van der Waals surface area (Å²) in [5.41, 5.74) is 0. The number of carbonyl (C=O) groups excluding carboxylic acids is 2. The number of nitrogens with zero attached hydrogens (tertiary/aromatic N) is 2. The van der Waals surface area contributed by atoms with Gasteiger partial charge in [0.15, 0.2) is 0 Å². The van der Waals surface area contributed by atoms with E-state index < -0.39 is 24.4 Å². The average Bonchev–Trinajstić information content (AvgIpc) is 2.24. The molecule has 0 N–H and O–H groups in total. The molecule has 0 spiro atoms. The standard InChI is InChI=1S/C12H24N2O4/c1-8(2)10(18-12(16)14(6)7)9(3)17-11(15)13(4)5/h8-10H,1-7H3. The Bertz CT molecular complexity index is 290. The van der Waals surface area contributed by atoms with Gasteiger partial charge in [-0.3, -0.25) is 0 Å². The second kappa shape index (κ2) is 7.08. The molecule has 0 fully saturated rings. The average molecular weight is 260 g/mol. The number of rotatable bonds is 4. The van der Waals surface area contributed by atoms with Gasteiger partial charge in [-0.2, -0.15) is 0 Å². The highest BCUT2D eigenvalue weighted by atomic mass is 16.6. The van der Waals surface area contributed by atoms with Gasteiger partial charge < -0.3 is 19.3 Å². The van der Waals surface area contributed by atoms with Crippen molar-refractivity contribution in [3.63, 3.8) is 0 Å². The monoisotopic (exact) mass is 260 g/mol. The van der Waals surface area contributed by atoms with Crippen molar-refractivity contribution >= 4 is 12.2 Å². The zero-order chi connectivity index (χ0) is 14.5. The summed E-state index contributed by atoms with van der Waals surface area (Å²) in [6, 6.07) is 0. The van der Waals surface area contributed by atoms with E-state index in [2.05, 4.69) is 0 Å². The lowest BCUT2D eigenvalue weighted by Crippen LogP contribution is -2.41. The summed E-state index contributed by atoms with van der Waals surface area (Å²) >= 11 is 0. The van der Waals surface area contributed by atoms with Crippen molar-refractivity contribution in [2.45, 2.75) is 33.0 Å². The zero-order valence-corrected chi connectivity index (χ0v) is 12.3. The fourth-order valence-electron chi connectivity index (χ4n) is 1.33. The molecule has 0 aliphatic carbocycles. The summed E-state index contributed by atoms with van der Waals surface area (Å²) in [4.78, 5) is 25.7. The Hall–Kier alpha value is -1.46. The van der Waals surface area contributed by atoms with Crippen LogP contribution in [0.5, 0.6) is 0 Å². The summed E-state index contributed by atoms with van der Waals surface area (Å²) in [7, 11) is 6.42. The Morgan fingerprint density at radius 1 is 0.833 bits per heavy atom. The van der Waals surface area contributed by atoms with Gasteiger partial charge >= 0.3 is 12.2 Å². The molecule has 0 aromatic rings. The first-order valence-corrected chi connectivity index (χ1v) is 5.92. The highest BCUT2D eigenvalue weighted by molar-refractivity contribution is 5.68. The number of hydrogen-bond donors (Lipinski definition) is 0. The number of carbonyl (C=O) groups is 2. The van der Waals surface area contributed by atoms with Crippen LogP contribution in [0.3, 0.4) is 0 Å². The molecule has 0 aliphatic heterocycles. The molecule has 0 heterocycles. The van der Waals surface area contributed by atoms with Gasteiger partial charge in [0.25, 0.3) is 0 Å². The molecule has 0 aromatic heterocycles. The molecule has 0 saturated heterocycles. The van der Waals surface area contributed by atoms with E-state index in [9.17, 15) is 9.59 Å². The summed E-state index contributed by atoms with van der Waals surface area (Å²) in [6.07, 6.45) is -1.86. The second-order valence-electron chi connectivity index (χ2n) is 4.97. The van der Waals surface area contributed by atoms with E-state index in [4.69, 9.17) is 9.47 Å². The van der Waals surface area contributed by atoms with Crippen molar-refractivity contribution < 1.29 is 19.1 Å². The number of ether oxygens (including phenoxy) is 2. The lowest BCUT2D eigenvalue weighted by Gasteiger charge is -2.29. The molecule has 2 atom stereocenters. The Labute approximate surface area is 109 Å². The molecule has 0 bridgehead atoms. The molecule has 0 aromatic carbocycles. The van der Waals surface area contributed by atoms with E-state index in [-0.39, 0.29) is 5.92 Å². The maximum Gasteiger partial charge on any atom is 0.409 e. The van der Waals surface area contributed by atoms with Crippen LogP contribution in [0, 0.1) is 5.92 Å². The third-order valence-corrected chi connectivity index (χ3v) is 2.37. The van der Waals surface area contributed by atoms with Crippen LogP contribution < -0.4 is 0 Å². The predicted octanol–water partition coefficient (Wildman–Crippen LogP) is 1.80. The van der Waals surface area contributed by atoms with E-state index in [1.165, 1.54) is 9.80 Å². The van der Waals surface area contributed by atoms with Crippen LogP contribution in [0.4, 0.5) is 9.59 Å². The maximum absolute atomic E-state index is 11.5. The van der Waals surface area contributed by atoms with Crippen LogP contribution >= 0.6 is 0 Å². The molecule has 6 heteroatoms. The topological polar surface area (TPSA) is 59.1 Å². The van der Waals surface area contributed by atoms with Gasteiger partial charge in [0.2, 0.25) is 0 Å². The number of hydrogen-bond acceptors (Lipinski definition) is 4. The molecule has 0 aliphatic rings. The van der Waals surface area contributed by atoms with Crippen molar-refractivity contribution in [1.29, 1.82) is 0 Å². The van der Waals surface area contributed by atoms with Crippen LogP contribution in [0.2, 0.25) is 0 Å². The molecule has 18 heavy (non-hydrogen) atoms. The summed E-state index contributed by atoms with van der Waals surface area (Å²) in [5.74, 6) is 0.0545. The van der Waals surface area contributed by atoms with Crippen molar-refractivity contribution in [2.24, 2.45) is 5.92 Å². The smallest absolute Gasteiger partial charge is 0.409 e. The minimum absolute atomic E-state index is 0.0545. The molecule has 0 radical (unpaired) electrons. The van der Waals surface area contributed by atoms with E-state index in [0.29, 0.717) is 0 Å². The SMILES string of the molecule is CC(C)C(OC(=O)N(C)C)C(C)OC(=O)N(C)C. The third-order valence-electron chi connectivity index (χ3n) is 2.37. The highest BCUT2D eigenvalue weighted by Gasteiger charge is 2.28. The first kappa shape index (κ1) is 16.5. The van der Waals surface area contributed by atoms with Crippen molar-refractivity contribution in [2.75, 3.05) is 28.2 Å². The molecule has 2 unspecified atom stereocenters. The first-order chi connectivity index (χ1) is 8.16. The third kappa shape index (κ3) is 5.25. The van der Waals surface area contributed by atoms with Crippen molar-refractivity contribution in [3.05, 3.63) is 0 Å². The molecule has 2 amide bonds. The van der Waals surface area contributed by atoms with Crippen molar-refractivity contribution in [1.82, 2.24) is 9.80 Å². The van der Waals surface area contributed by atoms with E-state index in [0.717, 1.165) is 0 Å². The van der Waals surface area contributed by atoms with Gasteiger partial charge in [-0.25, -0.2) is 9.59 Å². The maximum atomic E-state index is 11.5. The van der Waals surface area contributed by atoms with Gasteiger partial charge in [-0.15, -0.1) is 0 Å². The van der Waals surface area contributed by atoms with Gasteiger partial charge in [-0.1, -0.05) is 13.8 Å². The van der Waals surface area contributed by atoms with Crippen LogP contribution in [-0.2, 0) is 9.47 Å². The molecule has 6 nitrogen and oxygen atoms in total. The fourth-order valence-corrected chi connectivity index (χ4v) is 1.33. The number of amides is 2. The van der Waals surface area contributed by atoms with Gasteiger partial charge in [-0.05, 0) is 12.8 Å². The quantitative estimate of drug-likeness (QED) is 0.773. The predicted molar refractivity (Wildman–Crippen MR) is 68.4 cm³/mol. The van der Waals surface area contributed by atoms with Crippen LogP contribution in [0.15, 0.2) is 0 Å². The lowest BCUT2D eigenvalue weighted by molar-refractivity contribution is -0.0355. The largest absolute Gasteiger partial charge is 0.442 e. The summed E-state index contributed by atoms with van der Waals surface area (Å²) < 4.78 is 10.5. The molecular formula is C12H24N2O4. The second-order valence-corrected chi connectivity index (χ2v) is 4.97. The van der Waals surface area contributed by atoms with E-state index >= 15 is 0 Å². The van der Waals surface area contributed by atoms with Gasteiger partial charge in [0.1, 0.15) is 12.2 Å². The molecular weight excluding hydrogens is 236 g/mol. The van der Waals surface area contributed by atoms with Crippen molar-refractivity contribution in [3.8, 4) is 0 Å². The first-order valence-electron chi connectivity index (χ1n) is 5.92. The lowest BCUT2D eigenvalue weighted by atomic mass is 10.0. The Morgan fingerprint density at radius 3 is 1.56 bits per heavy atom. The summed E-state index contributed by atoms with van der Waals surface area (Å²) in [6.45, 7) is 5.54. The minimum atomic E-state index is -0.496. The Balaban J connectivity index is 4.60. The van der Waals surface area contributed by atoms with E-state index in [1.54, 1.807) is 35.1 Å². The molecule has 0 saturated carbocycles. The highest BCUT2D eigenvalue weighted by Crippen LogP contribution is 2.15. The van der Waals surface area contributed by atoms with Crippen LogP contribution in [0.25, 0.3) is 0 Å². The normalized spacial score (nSPS) is 13.8. The van der Waals surface area contributed by atoms with Gasteiger partial charge in [0.05, 0.1) is 0 Å². The Morgan fingerprint density at radius 2 is 1.22 bits per heavy atom. The van der Waals surface area contributed by atoms with Crippen LogP contribution in [-0.4, -0.2) is 62.4 Å². The fraction of sp³-hybridized carbons (Fsp3) is 0.833. The minimum Gasteiger partial charge on any atom is -0.442 e. The molecule has 0 rings (SSSR count). The summed E-state index contributed by atoms with van der Waals surface area (Å²) in [5, 5.41) is 0. The zero-order valence-electron chi connectivity index (χ0n) is 12.3. The Kier molecular flexibility index (Phi) is 6.51. The van der Waals surface area contributed by atoms with E-state index in [1.807, 2.05) is 13.8 Å². The van der Waals surface area contributed by atoms with Crippen LogP contribution in [0.1, 0.15) is 20.8 Å².